The summed E-state index contributed by atoms with van der Waals surface area (Å²) in [6, 6.07) is 11.4. The SMILES string of the molecule is CNC(=O)c1cccc(CNC(=O)/C=C\c2cccc(C(F)(F)F)c2)c1. The van der Waals surface area contributed by atoms with Crippen molar-refractivity contribution in [1.82, 2.24) is 10.6 Å². The minimum atomic E-state index is -4.43. The van der Waals surface area contributed by atoms with E-state index in [0.29, 0.717) is 5.56 Å². The monoisotopic (exact) mass is 362 g/mol. The number of alkyl halides is 3. The first kappa shape index (κ1) is 19.2. The molecule has 2 aromatic carbocycles. The number of hydrogen-bond acceptors (Lipinski definition) is 2. The zero-order valence-corrected chi connectivity index (χ0v) is 13.9. The van der Waals surface area contributed by atoms with Gasteiger partial charge in [0, 0.05) is 25.2 Å². The number of halogens is 3. The van der Waals surface area contributed by atoms with Gasteiger partial charge in [0.2, 0.25) is 5.91 Å². The summed E-state index contributed by atoms with van der Waals surface area (Å²) in [6.45, 7) is 0.191. The van der Waals surface area contributed by atoms with Crippen molar-refractivity contribution >= 4 is 17.9 Å². The molecule has 2 amide bonds. The van der Waals surface area contributed by atoms with Crippen molar-refractivity contribution in [1.29, 1.82) is 0 Å². The molecule has 0 saturated carbocycles. The second-order valence-corrected chi connectivity index (χ2v) is 5.45. The van der Waals surface area contributed by atoms with Crippen molar-refractivity contribution < 1.29 is 22.8 Å². The fourth-order valence-electron chi connectivity index (χ4n) is 2.21. The summed E-state index contributed by atoms with van der Waals surface area (Å²) in [7, 11) is 1.52. The first-order valence-corrected chi connectivity index (χ1v) is 7.74. The molecule has 0 heterocycles. The van der Waals surface area contributed by atoms with Crippen LogP contribution < -0.4 is 10.6 Å². The van der Waals surface area contributed by atoms with E-state index < -0.39 is 17.6 Å². The fraction of sp³-hybridized carbons (Fsp3) is 0.158. The molecule has 0 aliphatic carbocycles. The van der Waals surface area contributed by atoms with E-state index in [9.17, 15) is 22.8 Å². The predicted octanol–water partition coefficient (Wildman–Crippen LogP) is 3.39. The van der Waals surface area contributed by atoms with Crippen molar-refractivity contribution in [3.8, 4) is 0 Å². The van der Waals surface area contributed by atoms with Crippen LogP contribution >= 0.6 is 0 Å². The van der Waals surface area contributed by atoms with Crippen LogP contribution in [0.1, 0.15) is 27.0 Å². The summed E-state index contributed by atoms with van der Waals surface area (Å²) in [5, 5.41) is 5.13. The summed E-state index contributed by atoms with van der Waals surface area (Å²) in [4.78, 5) is 23.4. The molecule has 7 heteroatoms. The van der Waals surface area contributed by atoms with E-state index in [4.69, 9.17) is 0 Å². The molecule has 0 spiro atoms. The van der Waals surface area contributed by atoms with Crippen LogP contribution in [0.5, 0.6) is 0 Å². The lowest BCUT2D eigenvalue weighted by molar-refractivity contribution is -0.137. The quantitative estimate of drug-likeness (QED) is 0.801. The second kappa shape index (κ2) is 8.33. The number of hydrogen-bond donors (Lipinski definition) is 2. The van der Waals surface area contributed by atoms with Crippen LogP contribution in [0.2, 0.25) is 0 Å². The lowest BCUT2D eigenvalue weighted by atomic mass is 10.1. The zero-order chi connectivity index (χ0) is 19.2. The number of rotatable bonds is 5. The van der Waals surface area contributed by atoms with Gasteiger partial charge in [0.05, 0.1) is 5.56 Å². The maximum atomic E-state index is 12.7. The van der Waals surface area contributed by atoms with Crippen LogP contribution in [0.25, 0.3) is 6.08 Å². The summed E-state index contributed by atoms with van der Waals surface area (Å²) >= 11 is 0. The molecule has 136 valence electrons. The highest BCUT2D eigenvalue weighted by molar-refractivity contribution is 5.94. The number of carbonyl (C=O) groups excluding carboxylic acids is 2. The summed E-state index contributed by atoms with van der Waals surface area (Å²) in [5.41, 5.74) is 0.702. The topological polar surface area (TPSA) is 58.2 Å². The molecule has 2 rings (SSSR count). The largest absolute Gasteiger partial charge is 0.416 e. The Morgan fingerprint density at radius 1 is 1.08 bits per heavy atom. The molecule has 2 aromatic rings. The molecule has 2 N–H and O–H groups in total. The minimum Gasteiger partial charge on any atom is -0.355 e. The zero-order valence-electron chi connectivity index (χ0n) is 13.9. The van der Waals surface area contributed by atoms with Crippen LogP contribution in [-0.4, -0.2) is 18.9 Å². The molecular formula is C19H17F3N2O2. The van der Waals surface area contributed by atoms with Crippen LogP contribution in [0, 0.1) is 0 Å². The average molecular weight is 362 g/mol. The molecule has 26 heavy (non-hydrogen) atoms. The Bertz CT molecular complexity index is 830. The maximum Gasteiger partial charge on any atom is 0.416 e. The molecule has 0 aliphatic heterocycles. The van der Waals surface area contributed by atoms with Crippen LogP contribution in [0.3, 0.4) is 0 Å². The third-order valence-electron chi connectivity index (χ3n) is 3.52. The van der Waals surface area contributed by atoms with Crippen molar-refractivity contribution in [2.24, 2.45) is 0 Å². The Hall–Kier alpha value is -3.09. The van der Waals surface area contributed by atoms with Crippen molar-refractivity contribution in [3.05, 3.63) is 76.9 Å². The van der Waals surface area contributed by atoms with Gasteiger partial charge in [0.25, 0.3) is 5.91 Å². The van der Waals surface area contributed by atoms with E-state index in [1.165, 1.54) is 25.3 Å². The third kappa shape index (κ3) is 5.47. The Morgan fingerprint density at radius 3 is 2.50 bits per heavy atom. The van der Waals surface area contributed by atoms with E-state index in [0.717, 1.165) is 23.8 Å². The second-order valence-electron chi connectivity index (χ2n) is 5.45. The van der Waals surface area contributed by atoms with E-state index in [1.54, 1.807) is 24.3 Å². The highest BCUT2D eigenvalue weighted by atomic mass is 19.4. The molecule has 0 bridgehead atoms. The lowest BCUT2D eigenvalue weighted by Gasteiger charge is -2.07. The van der Waals surface area contributed by atoms with Crippen LogP contribution in [-0.2, 0) is 17.5 Å². The van der Waals surface area contributed by atoms with Crippen molar-refractivity contribution in [3.63, 3.8) is 0 Å². The first-order valence-electron chi connectivity index (χ1n) is 7.74. The molecular weight excluding hydrogens is 345 g/mol. The standard InChI is InChI=1S/C19H17F3N2O2/c1-23-18(26)15-6-2-5-14(10-15)12-24-17(25)9-8-13-4-3-7-16(11-13)19(20,21)22/h2-11H,12H2,1H3,(H,23,26)(H,24,25)/b9-8-. The summed E-state index contributed by atoms with van der Waals surface area (Å²) in [5.74, 6) is -0.685. The number of amides is 2. The Balaban J connectivity index is 1.97. The van der Waals surface area contributed by atoms with Gasteiger partial charge in [-0.1, -0.05) is 24.3 Å². The Morgan fingerprint density at radius 2 is 1.81 bits per heavy atom. The molecule has 0 radical (unpaired) electrons. The number of benzene rings is 2. The molecule has 4 nitrogen and oxygen atoms in total. The van der Waals surface area contributed by atoms with Gasteiger partial charge in [-0.3, -0.25) is 9.59 Å². The van der Waals surface area contributed by atoms with E-state index in [-0.39, 0.29) is 18.0 Å². The molecule has 0 atom stereocenters. The van der Waals surface area contributed by atoms with Gasteiger partial charge in [-0.15, -0.1) is 0 Å². The third-order valence-corrected chi connectivity index (χ3v) is 3.52. The molecule has 0 aliphatic rings. The number of nitrogens with one attached hydrogen (secondary N) is 2. The minimum absolute atomic E-state index is 0.191. The fourth-order valence-corrected chi connectivity index (χ4v) is 2.21. The Labute approximate surface area is 148 Å². The van der Waals surface area contributed by atoms with Gasteiger partial charge in [-0.25, -0.2) is 0 Å². The van der Waals surface area contributed by atoms with Gasteiger partial charge in [-0.05, 0) is 41.5 Å². The van der Waals surface area contributed by atoms with Gasteiger partial charge >= 0.3 is 6.18 Å². The average Bonchev–Trinajstić information content (AvgIpc) is 2.63. The molecule has 0 unspecified atom stereocenters. The molecule has 0 aromatic heterocycles. The van der Waals surface area contributed by atoms with Gasteiger partial charge in [0.15, 0.2) is 0 Å². The highest BCUT2D eigenvalue weighted by Crippen LogP contribution is 2.29. The van der Waals surface area contributed by atoms with E-state index >= 15 is 0 Å². The van der Waals surface area contributed by atoms with Gasteiger partial charge in [0.1, 0.15) is 0 Å². The van der Waals surface area contributed by atoms with Crippen molar-refractivity contribution in [2.45, 2.75) is 12.7 Å². The molecule has 0 saturated heterocycles. The van der Waals surface area contributed by atoms with Gasteiger partial charge in [-0.2, -0.15) is 13.2 Å². The number of carbonyl (C=O) groups is 2. The van der Waals surface area contributed by atoms with E-state index in [2.05, 4.69) is 10.6 Å². The van der Waals surface area contributed by atoms with Gasteiger partial charge < -0.3 is 10.6 Å². The van der Waals surface area contributed by atoms with Crippen LogP contribution in [0.15, 0.2) is 54.6 Å². The van der Waals surface area contributed by atoms with Crippen molar-refractivity contribution in [2.75, 3.05) is 7.05 Å². The Kier molecular flexibility index (Phi) is 6.16. The normalized spacial score (nSPS) is 11.4. The maximum absolute atomic E-state index is 12.7. The van der Waals surface area contributed by atoms with Crippen LogP contribution in [0.4, 0.5) is 13.2 Å². The van der Waals surface area contributed by atoms with E-state index in [1.807, 2.05) is 0 Å². The molecule has 0 fully saturated rings. The smallest absolute Gasteiger partial charge is 0.355 e. The predicted molar refractivity (Wildman–Crippen MR) is 92.2 cm³/mol. The first-order chi connectivity index (χ1) is 12.3. The summed E-state index contributed by atoms with van der Waals surface area (Å²) < 4.78 is 38.0. The highest BCUT2D eigenvalue weighted by Gasteiger charge is 2.30. The lowest BCUT2D eigenvalue weighted by Crippen LogP contribution is -2.21. The summed E-state index contributed by atoms with van der Waals surface area (Å²) in [6.07, 6.45) is -1.95.